The van der Waals surface area contributed by atoms with Crippen molar-refractivity contribution in [3.8, 4) is 0 Å². The Balaban J connectivity index is 1.60. The van der Waals surface area contributed by atoms with Crippen LogP contribution >= 0.6 is 0 Å². The molecule has 0 aromatic heterocycles. The molecule has 2 aromatic rings. The van der Waals surface area contributed by atoms with Crippen LogP contribution < -0.4 is 10.6 Å². The van der Waals surface area contributed by atoms with Crippen LogP contribution in [0.3, 0.4) is 0 Å². The van der Waals surface area contributed by atoms with E-state index in [-0.39, 0.29) is 17.8 Å². The van der Waals surface area contributed by atoms with E-state index in [0.29, 0.717) is 30.6 Å². The maximum absolute atomic E-state index is 13.8. The molecule has 1 aliphatic heterocycles. The van der Waals surface area contributed by atoms with Crippen LogP contribution in [0.4, 0.5) is 4.39 Å². The van der Waals surface area contributed by atoms with Crippen LogP contribution in [0, 0.1) is 5.82 Å². The minimum absolute atomic E-state index is 0.0281. The van der Waals surface area contributed by atoms with Crippen molar-refractivity contribution in [3.63, 3.8) is 0 Å². The molecule has 1 fully saturated rings. The minimum atomic E-state index is -0.218. The van der Waals surface area contributed by atoms with Gasteiger partial charge in [0.2, 0.25) is 5.91 Å². The van der Waals surface area contributed by atoms with Crippen molar-refractivity contribution in [3.05, 3.63) is 71.5 Å². The zero-order valence-corrected chi connectivity index (χ0v) is 16.7. The summed E-state index contributed by atoms with van der Waals surface area (Å²) in [5.41, 5.74) is 1.84. The molecule has 2 N–H and O–H groups in total. The van der Waals surface area contributed by atoms with Crippen LogP contribution in [0.25, 0.3) is 0 Å². The standard InChI is InChI=1S/C23H30FN3O/c1-17(2)26-20-14-22(27(16-20)15-18-8-4-3-5-9-18)23(28)25-13-12-19-10-6-7-11-21(19)24/h3-11,17,20,22,26H,12-16H2,1-2H3,(H,25,28)/t20-,22+/m1/s1. The van der Waals surface area contributed by atoms with Crippen LogP contribution in [0.1, 0.15) is 31.4 Å². The Morgan fingerprint density at radius 2 is 1.86 bits per heavy atom. The average Bonchev–Trinajstić information content (AvgIpc) is 3.05. The van der Waals surface area contributed by atoms with Gasteiger partial charge in [-0.2, -0.15) is 0 Å². The molecule has 3 rings (SSSR count). The summed E-state index contributed by atoms with van der Waals surface area (Å²) in [6.07, 6.45) is 1.29. The fourth-order valence-electron chi connectivity index (χ4n) is 3.90. The fourth-order valence-corrected chi connectivity index (χ4v) is 3.90. The molecule has 0 spiro atoms. The fraction of sp³-hybridized carbons (Fsp3) is 0.435. The lowest BCUT2D eigenvalue weighted by atomic mass is 10.1. The first-order valence-corrected chi connectivity index (χ1v) is 10.1. The number of nitrogens with one attached hydrogen (secondary N) is 2. The zero-order valence-electron chi connectivity index (χ0n) is 16.7. The van der Waals surface area contributed by atoms with Crippen molar-refractivity contribution in [2.45, 2.75) is 51.4 Å². The third-order valence-electron chi connectivity index (χ3n) is 5.16. The van der Waals surface area contributed by atoms with E-state index in [1.165, 1.54) is 11.6 Å². The summed E-state index contributed by atoms with van der Waals surface area (Å²) < 4.78 is 13.8. The molecule has 0 radical (unpaired) electrons. The SMILES string of the molecule is CC(C)N[C@@H]1C[C@@H](C(=O)NCCc2ccccc2F)N(Cc2ccccc2)C1. The Hall–Kier alpha value is -2.24. The van der Waals surface area contributed by atoms with Gasteiger partial charge in [-0.15, -0.1) is 0 Å². The van der Waals surface area contributed by atoms with Crippen LogP contribution in [-0.4, -0.2) is 42.0 Å². The van der Waals surface area contributed by atoms with E-state index in [2.05, 4.69) is 41.5 Å². The molecular weight excluding hydrogens is 353 g/mol. The second-order valence-electron chi connectivity index (χ2n) is 7.82. The predicted octanol–water partition coefficient (Wildman–Crippen LogP) is 3.13. The normalized spacial score (nSPS) is 19.9. The molecule has 2 atom stereocenters. The molecular formula is C23H30FN3O. The maximum Gasteiger partial charge on any atom is 0.237 e. The number of nitrogens with zero attached hydrogens (tertiary/aromatic N) is 1. The van der Waals surface area contributed by atoms with Gasteiger partial charge in [0.05, 0.1) is 6.04 Å². The highest BCUT2D eigenvalue weighted by Gasteiger charge is 2.36. The number of hydrogen-bond acceptors (Lipinski definition) is 3. The number of benzene rings is 2. The van der Waals surface area contributed by atoms with Crippen LogP contribution in [0.5, 0.6) is 0 Å². The topological polar surface area (TPSA) is 44.4 Å². The van der Waals surface area contributed by atoms with E-state index in [1.54, 1.807) is 12.1 Å². The van der Waals surface area contributed by atoms with Crippen molar-refractivity contribution in [1.29, 1.82) is 0 Å². The second kappa shape index (κ2) is 9.80. The number of likely N-dealkylation sites (tertiary alicyclic amines) is 1. The van der Waals surface area contributed by atoms with Gasteiger partial charge in [0, 0.05) is 31.7 Å². The lowest BCUT2D eigenvalue weighted by Gasteiger charge is -2.23. The van der Waals surface area contributed by atoms with E-state index in [0.717, 1.165) is 19.5 Å². The molecule has 2 aromatic carbocycles. The van der Waals surface area contributed by atoms with Crippen molar-refractivity contribution >= 4 is 5.91 Å². The summed E-state index contributed by atoms with van der Waals surface area (Å²) in [6.45, 7) is 6.30. The quantitative estimate of drug-likeness (QED) is 0.736. The first kappa shape index (κ1) is 20.5. The van der Waals surface area contributed by atoms with E-state index in [4.69, 9.17) is 0 Å². The molecule has 0 aliphatic carbocycles. The van der Waals surface area contributed by atoms with Gasteiger partial charge in [0.15, 0.2) is 0 Å². The van der Waals surface area contributed by atoms with Crippen molar-refractivity contribution < 1.29 is 9.18 Å². The molecule has 1 saturated heterocycles. The Bertz CT molecular complexity index is 765. The van der Waals surface area contributed by atoms with Crippen molar-refractivity contribution in [2.24, 2.45) is 0 Å². The van der Waals surface area contributed by atoms with Crippen molar-refractivity contribution in [1.82, 2.24) is 15.5 Å². The monoisotopic (exact) mass is 383 g/mol. The van der Waals surface area contributed by atoms with Gasteiger partial charge in [-0.05, 0) is 30.0 Å². The summed E-state index contributed by atoms with van der Waals surface area (Å²) in [5.74, 6) is -0.190. The number of rotatable bonds is 8. The highest BCUT2D eigenvalue weighted by molar-refractivity contribution is 5.82. The number of carbonyl (C=O) groups is 1. The summed E-state index contributed by atoms with van der Waals surface area (Å²) in [6, 6.07) is 17.5. The van der Waals surface area contributed by atoms with Gasteiger partial charge in [-0.25, -0.2) is 4.39 Å². The predicted molar refractivity (Wildman–Crippen MR) is 110 cm³/mol. The van der Waals surface area contributed by atoms with Crippen LogP contribution in [0.2, 0.25) is 0 Å². The third kappa shape index (κ3) is 5.63. The van der Waals surface area contributed by atoms with Gasteiger partial charge in [0.25, 0.3) is 0 Å². The zero-order chi connectivity index (χ0) is 19.9. The molecule has 0 saturated carbocycles. The summed E-state index contributed by atoms with van der Waals surface area (Å²) in [4.78, 5) is 15.1. The van der Waals surface area contributed by atoms with Crippen molar-refractivity contribution in [2.75, 3.05) is 13.1 Å². The van der Waals surface area contributed by atoms with E-state index in [1.807, 2.05) is 24.3 Å². The Kier molecular flexibility index (Phi) is 7.18. The lowest BCUT2D eigenvalue weighted by Crippen LogP contribution is -2.43. The maximum atomic E-state index is 13.8. The highest BCUT2D eigenvalue weighted by Crippen LogP contribution is 2.21. The number of hydrogen-bond donors (Lipinski definition) is 2. The van der Waals surface area contributed by atoms with Gasteiger partial charge in [0.1, 0.15) is 5.82 Å². The number of amides is 1. The molecule has 4 nitrogen and oxygen atoms in total. The highest BCUT2D eigenvalue weighted by atomic mass is 19.1. The number of carbonyl (C=O) groups excluding carboxylic acids is 1. The Morgan fingerprint density at radius 1 is 1.14 bits per heavy atom. The van der Waals surface area contributed by atoms with Crippen LogP contribution in [-0.2, 0) is 17.8 Å². The molecule has 5 heteroatoms. The first-order chi connectivity index (χ1) is 13.5. The molecule has 1 aliphatic rings. The molecule has 150 valence electrons. The average molecular weight is 384 g/mol. The van der Waals surface area contributed by atoms with E-state index in [9.17, 15) is 9.18 Å². The second-order valence-corrected chi connectivity index (χ2v) is 7.82. The minimum Gasteiger partial charge on any atom is -0.354 e. The molecule has 28 heavy (non-hydrogen) atoms. The first-order valence-electron chi connectivity index (χ1n) is 10.1. The van der Waals surface area contributed by atoms with Gasteiger partial charge in [-0.1, -0.05) is 62.4 Å². The van der Waals surface area contributed by atoms with Gasteiger partial charge >= 0.3 is 0 Å². The summed E-state index contributed by atoms with van der Waals surface area (Å²) in [5, 5.41) is 6.58. The molecule has 0 bridgehead atoms. The van der Waals surface area contributed by atoms with E-state index >= 15 is 0 Å². The van der Waals surface area contributed by atoms with E-state index < -0.39 is 0 Å². The lowest BCUT2D eigenvalue weighted by molar-refractivity contribution is -0.125. The third-order valence-corrected chi connectivity index (χ3v) is 5.16. The molecule has 1 amide bonds. The largest absolute Gasteiger partial charge is 0.354 e. The Labute approximate surface area is 167 Å². The molecule has 1 heterocycles. The Morgan fingerprint density at radius 3 is 2.57 bits per heavy atom. The smallest absolute Gasteiger partial charge is 0.237 e. The number of halogens is 1. The van der Waals surface area contributed by atoms with Gasteiger partial charge in [-0.3, -0.25) is 9.69 Å². The summed E-state index contributed by atoms with van der Waals surface area (Å²) >= 11 is 0. The summed E-state index contributed by atoms with van der Waals surface area (Å²) in [7, 11) is 0. The van der Waals surface area contributed by atoms with Gasteiger partial charge < -0.3 is 10.6 Å². The molecule has 0 unspecified atom stereocenters. The van der Waals surface area contributed by atoms with Crippen LogP contribution in [0.15, 0.2) is 54.6 Å².